The second-order valence-electron chi connectivity index (χ2n) is 4.16. The fourth-order valence-electron chi connectivity index (χ4n) is 1.73. The van der Waals surface area contributed by atoms with Crippen LogP contribution in [0.1, 0.15) is 32.3 Å². The quantitative estimate of drug-likeness (QED) is 0.820. The molecule has 1 saturated carbocycles. The van der Waals surface area contributed by atoms with Crippen molar-refractivity contribution in [3.8, 4) is 5.75 Å². The summed E-state index contributed by atoms with van der Waals surface area (Å²) in [6.07, 6.45) is 0.563. The molecular weight excluding hydrogens is 234 g/mol. The zero-order valence-electron chi connectivity index (χ0n) is 10.5. The second kappa shape index (κ2) is 5.79. The van der Waals surface area contributed by atoms with Gasteiger partial charge in [0.15, 0.2) is 0 Å². The van der Waals surface area contributed by atoms with Crippen LogP contribution in [-0.2, 0) is 0 Å². The molecule has 2 radical (unpaired) electrons. The third-order valence-corrected chi connectivity index (χ3v) is 2.86. The summed E-state index contributed by atoms with van der Waals surface area (Å²) in [5.74, 6) is 0.580. The third kappa shape index (κ3) is 3.65. The molecule has 0 saturated heterocycles. The number of hydrogen-bond acceptors (Lipinski definition) is 2. The summed E-state index contributed by atoms with van der Waals surface area (Å²) in [4.78, 5) is 0. The molecule has 2 nitrogen and oxygen atoms in total. The summed E-state index contributed by atoms with van der Waals surface area (Å²) in [6.45, 7) is 5.96. The highest BCUT2D eigenvalue weighted by Gasteiger charge is 2.41. The van der Waals surface area contributed by atoms with E-state index in [2.05, 4.69) is 0 Å². The molecule has 4 heteroatoms. The van der Waals surface area contributed by atoms with Gasteiger partial charge in [-0.15, -0.1) is 0 Å². The zero-order valence-corrected chi connectivity index (χ0v) is 11.3. The minimum atomic E-state index is -0.752. The molecule has 1 aromatic rings. The molecule has 0 bridgehead atoms. The highest BCUT2D eigenvalue weighted by molar-refractivity contribution is 6.32. The van der Waals surface area contributed by atoms with Crippen molar-refractivity contribution in [1.29, 1.82) is 0 Å². The lowest BCUT2D eigenvalue weighted by Crippen LogP contribution is -2.52. The predicted molar refractivity (Wildman–Crippen MR) is 71.9 cm³/mol. The van der Waals surface area contributed by atoms with Crippen molar-refractivity contribution < 1.29 is 9.84 Å². The molecule has 2 rings (SSSR count). The minimum Gasteiger partial charge on any atom is -0.496 e. The largest absolute Gasteiger partial charge is 0.496 e. The molecule has 0 spiro atoms. The van der Waals surface area contributed by atoms with Crippen molar-refractivity contribution in [3.63, 3.8) is 0 Å². The SMILES string of the molecule is CC.[B]C1(Oc2ccc(C)cc2Cl)CC(O)C1. The molecule has 92 valence electrons. The fourth-order valence-corrected chi connectivity index (χ4v) is 2.00. The van der Waals surface area contributed by atoms with Gasteiger partial charge in [0.05, 0.1) is 16.6 Å². The summed E-state index contributed by atoms with van der Waals surface area (Å²) >= 11 is 6.01. The number of halogens is 1. The van der Waals surface area contributed by atoms with Crippen LogP contribution in [0, 0.1) is 6.92 Å². The van der Waals surface area contributed by atoms with E-state index in [9.17, 15) is 5.11 Å². The van der Waals surface area contributed by atoms with Gasteiger partial charge in [-0.3, -0.25) is 0 Å². The van der Waals surface area contributed by atoms with Crippen LogP contribution in [0.15, 0.2) is 18.2 Å². The van der Waals surface area contributed by atoms with E-state index in [1.165, 1.54) is 0 Å². The van der Waals surface area contributed by atoms with Crippen molar-refractivity contribution >= 4 is 19.4 Å². The minimum absolute atomic E-state index is 0.348. The Kier molecular flexibility index (Phi) is 4.90. The Morgan fingerprint density at radius 1 is 1.41 bits per heavy atom. The average molecular weight is 253 g/mol. The summed E-state index contributed by atoms with van der Waals surface area (Å²) in [5.41, 5.74) is 0.324. The van der Waals surface area contributed by atoms with Gasteiger partial charge in [0, 0.05) is 12.8 Å². The van der Waals surface area contributed by atoms with Crippen LogP contribution >= 0.6 is 11.6 Å². The molecule has 17 heavy (non-hydrogen) atoms. The van der Waals surface area contributed by atoms with E-state index in [1.807, 2.05) is 32.9 Å². The van der Waals surface area contributed by atoms with E-state index in [1.54, 1.807) is 6.07 Å². The molecule has 1 aliphatic carbocycles. The normalized spacial score (nSPS) is 26.5. The second-order valence-corrected chi connectivity index (χ2v) is 4.57. The van der Waals surface area contributed by atoms with Crippen LogP contribution in [0.25, 0.3) is 0 Å². The Labute approximate surface area is 109 Å². The Bertz CT molecular complexity index is 376. The van der Waals surface area contributed by atoms with Crippen molar-refractivity contribution in [2.24, 2.45) is 0 Å². The van der Waals surface area contributed by atoms with Gasteiger partial charge in [0.2, 0.25) is 0 Å². The van der Waals surface area contributed by atoms with Crippen molar-refractivity contribution in [3.05, 3.63) is 28.8 Å². The topological polar surface area (TPSA) is 29.5 Å². The van der Waals surface area contributed by atoms with E-state index >= 15 is 0 Å². The molecule has 1 aromatic carbocycles. The molecule has 0 aliphatic heterocycles. The van der Waals surface area contributed by atoms with Crippen LogP contribution < -0.4 is 4.74 Å². The Balaban J connectivity index is 0.000000686. The Morgan fingerprint density at radius 2 is 2.00 bits per heavy atom. The summed E-state index contributed by atoms with van der Waals surface area (Å²) in [7, 11) is 5.89. The van der Waals surface area contributed by atoms with Crippen molar-refractivity contribution in [2.75, 3.05) is 0 Å². The van der Waals surface area contributed by atoms with Crippen molar-refractivity contribution in [2.45, 2.75) is 45.2 Å². The highest BCUT2D eigenvalue weighted by Crippen LogP contribution is 2.37. The number of benzene rings is 1. The smallest absolute Gasteiger partial charge is 0.137 e. The van der Waals surface area contributed by atoms with E-state index < -0.39 is 5.50 Å². The third-order valence-electron chi connectivity index (χ3n) is 2.56. The van der Waals surface area contributed by atoms with Gasteiger partial charge in [-0.25, -0.2) is 0 Å². The molecular formula is C13H18BClO2. The lowest BCUT2D eigenvalue weighted by atomic mass is 9.64. The van der Waals surface area contributed by atoms with Crippen LogP contribution in [0.3, 0.4) is 0 Å². The van der Waals surface area contributed by atoms with Crippen molar-refractivity contribution in [1.82, 2.24) is 0 Å². The van der Waals surface area contributed by atoms with Crippen LogP contribution in [0.5, 0.6) is 5.75 Å². The Hall–Kier alpha value is -0.665. The molecule has 0 heterocycles. The van der Waals surface area contributed by atoms with Gasteiger partial charge >= 0.3 is 0 Å². The fraction of sp³-hybridized carbons (Fsp3) is 0.538. The van der Waals surface area contributed by atoms with Gasteiger partial charge < -0.3 is 9.84 Å². The molecule has 0 unspecified atom stereocenters. The van der Waals surface area contributed by atoms with Gasteiger partial charge in [-0.1, -0.05) is 31.5 Å². The lowest BCUT2D eigenvalue weighted by molar-refractivity contribution is -0.0396. The van der Waals surface area contributed by atoms with Gasteiger partial charge in [-0.2, -0.15) is 0 Å². The number of aryl methyl sites for hydroxylation is 1. The summed E-state index contributed by atoms with van der Waals surface area (Å²) in [6, 6.07) is 5.55. The standard InChI is InChI=1S/C11H12BClO2.C2H6/c1-7-2-3-10(9(13)4-7)15-11(12)5-8(14)6-11;1-2/h2-4,8,14H,5-6H2,1H3;1-2H3. The maximum absolute atomic E-state index is 9.18. The molecule has 0 aromatic heterocycles. The van der Waals surface area contributed by atoms with E-state index in [0.29, 0.717) is 23.6 Å². The number of aliphatic hydroxyl groups is 1. The predicted octanol–water partition coefficient (Wildman–Crippen LogP) is 3.07. The first-order valence-electron chi connectivity index (χ1n) is 5.91. The van der Waals surface area contributed by atoms with E-state index in [-0.39, 0.29) is 6.10 Å². The summed E-state index contributed by atoms with van der Waals surface area (Å²) in [5, 5.41) is 9.74. The molecule has 1 N–H and O–H groups in total. The first-order chi connectivity index (χ1) is 7.98. The maximum Gasteiger partial charge on any atom is 0.137 e. The first kappa shape index (κ1) is 14.4. The van der Waals surface area contributed by atoms with Gasteiger partial charge in [-0.05, 0) is 24.6 Å². The van der Waals surface area contributed by atoms with Gasteiger partial charge in [0.1, 0.15) is 13.6 Å². The number of rotatable bonds is 2. The molecule has 0 atom stereocenters. The first-order valence-corrected chi connectivity index (χ1v) is 6.28. The van der Waals surface area contributed by atoms with Crippen LogP contribution in [-0.4, -0.2) is 24.6 Å². The average Bonchev–Trinajstić information content (AvgIpc) is 2.23. The maximum atomic E-state index is 9.18. The summed E-state index contributed by atoms with van der Waals surface area (Å²) < 4.78 is 5.58. The molecule has 1 fully saturated rings. The number of hydrogen-bond donors (Lipinski definition) is 1. The van der Waals surface area contributed by atoms with E-state index in [0.717, 1.165) is 5.56 Å². The van der Waals surface area contributed by atoms with Crippen LogP contribution in [0.2, 0.25) is 5.02 Å². The lowest BCUT2D eigenvalue weighted by Gasteiger charge is -2.43. The zero-order chi connectivity index (χ0) is 13.1. The Morgan fingerprint density at radius 3 is 2.47 bits per heavy atom. The molecule has 0 amide bonds. The molecule has 1 aliphatic rings. The van der Waals surface area contributed by atoms with Gasteiger partial charge in [0.25, 0.3) is 0 Å². The van der Waals surface area contributed by atoms with E-state index in [4.69, 9.17) is 24.2 Å². The van der Waals surface area contributed by atoms with Crippen LogP contribution in [0.4, 0.5) is 0 Å². The highest BCUT2D eigenvalue weighted by atomic mass is 35.5. The number of ether oxygens (including phenoxy) is 1. The number of aliphatic hydroxyl groups excluding tert-OH is 1. The monoisotopic (exact) mass is 252 g/mol.